The summed E-state index contributed by atoms with van der Waals surface area (Å²) in [5.41, 5.74) is 2.38. The molecule has 0 spiro atoms. The maximum Gasteiger partial charge on any atom is 0.338 e. The molecule has 0 N–H and O–H groups in total. The van der Waals surface area contributed by atoms with Crippen LogP contribution in [0.2, 0.25) is 0 Å². The molecule has 1 unspecified atom stereocenters. The average Bonchev–Trinajstić information content (AvgIpc) is 3.25. The first-order valence-electron chi connectivity index (χ1n) is 11.5. The topological polar surface area (TPSA) is 66.9 Å². The van der Waals surface area contributed by atoms with E-state index in [2.05, 4.69) is 24.3 Å². The first-order valence-corrected chi connectivity index (χ1v) is 11.5. The van der Waals surface area contributed by atoms with Gasteiger partial charge in [0, 0.05) is 31.7 Å². The molecule has 4 rings (SSSR count). The Labute approximate surface area is 189 Å². The number of carbonyl (C=O) groups is 3. The summed E-state index contributed by atoms with van der Waals surface area (Å²) < 4.78 is 5.48. The van der Waals surface area contributed by atoms with Gasteiger partial charge in [-0.05, 0) is 62.3 Å². The molecule has 2 heterocycles. The van der Waals surface area contributed by atoms with Gasteiger partial charge in [-0.1, -0.05) is 36.4 Å². The van der Waals surface area contributed by atoms with Gasteiger partial charge in [0.05, 0.1) is 5.56 Å². The average molecular weight is 435 g/mol. The number of benzene rings is 2. The molecular weight excluding hydrogens is 404 g/mol. The molecule has 0 saturated carbocycles. The third-order valence-corrected chi connectivity index (χ3v) is 6.39. The van der Waals surface area contributed by atoms with Gasteiger partial charge in [0.25, 0.3) is 5.91 Å². The van der Waals surface area contributed by atoms with E-state index in [1.165, 1.54) is 5.56 Å². The fraction of sp³-hybridized carbons (Fsp3) is 0.423. The maximum absolute atomic E-state index is 12.8. The second kappa shape index (κ2) is 9.98. The van der Waals surface area contributed by atoms with E-state index in [9.17, 15) is 14.4 Å². The van der Waals surface area contributed by atoms with Gasteiger partial charge < -0.3 is 14.5 Å². The summed E-state index contributed by atoms with van der Waals surface area (Å²) in [4.78, 5) is 41.0. The lowest BCUT2D eigenvalue weighted by atomic mass is 9.90. The second-order valence-electron chi connectivity index (χ2n) is 8.71. The summed E-state index contributed by atoms with van der Waals surface area (Å²) >= 11 is 0. The molecule has 2 aromatic carbocycles. The molecule has 2 aliphatic heterocycles. The third-order valence-electron chi connectivity index (χ3n) is 6.39. The molecule has 6 heteroatoms. The molecule has 2 saturated heterocycles. The van der Waals surface area contributed by atoms with Crippen LogP contribution in [0.3, 0.4) is 0 Å². The Balaban J connectivity index is 1.29. The number of hydrogen-bond donors (Lipinski definition) is 0. The van der Waals surface area contributed by atoms with Crippen molar-refractivity contribution in [2.24, 2.45) is 5.92 Å². The molecule has 2 fully saturated rings. The van der Waals surface area contributed by atoms with Crippen LogP contribution in [0, 0.1) is 5.92 Å². The molecular formula is C26H30N2O4. The maximum atomic E-state index is 12.8. The van der Waals surface area contributed by atoms with Gasteiger partial charge >= 0.3 is 5.97 Å². The summed E-state index contributed by atoms with van der Waals surface area (Å²) in [7, 11) is 0. The minimum atomic E-state index is -0.842. The van der Waals surface area contributed by atoms with Crippen molar-refractivity contribution in [1.29, 1.82) is 0 Å². The van der Waals surface area contributed by atoms with E-state index in [4.69, 9.17) is 4.74 Å². The highest BCUT2D eigenvalue weighted by molar-refractivity contribution is 5.98. The summed E-state index contributed by atoms with van der Waals surface area (Å²) in [5.74, 6) is -0.0641. The molecule has 0 bridgehead atoms. The number of hydrogen-bond acceptors (Lipinski definition) is 4. The first-order chi connectivity index (χ1) is 15.5. The van der Waals surface area contributed by atoms with Crippen LogP contribution in [0.4, 0.5) is 5.69 Å². The Morgan fingerprint density at radius 2 is 1.78 bits per heavy atom. The van der Waals surface area contributed by atoms with Crippen LogP contribution in [0.1, 0.15) is 48.5 Å². The smallest absolute Gasteiger partial charge is 0.338 e. The molecule has 0 aromatic heterocycles. The molecule has 0 radical (unpaired) electrons. The van der Waals surface area contributed by atoms with E-state index in [-0.39, 0.29) is 11.8 Å². The normalized spacial score (nSPS) is 18.0. The number of esters is 1. The minimum Gasteiger partial charge on any atom is -0.449 e. The van der Waals surface area contributed by atoms with Crippen molar-refractivity contribution >= 4 is 23.5 Å². The monoisotopic (exact) mass is 434 g/mol. The van der Waals surface area contributed by atoms with Gasteiger partial charge in [-0.3, -0.25) is 9.59 Å². The first kappa shape index (κ1) is 22.1. The van der Waals surface area contributed by atoms with E-state index in [0.29, 0.717) is 43.2 Å². The zero-order valence-electron chi connectivity index (χ0n) is 18.5. The highest BCUT2D eigenvalue weighted by atomic mass is 16.5. The van der Waals surface area contributed by atoms with Crippen LogP contribution in [-0.2, 0) is 20.7 Å². The van der Waals surface area contributed by atoms with E-state index >= 15 is 0 Å². The third kappa shape index (κ3) is 5.18. The van der Waals surface area contributed by atoms with Crippen molar-refractivity contribution in [1.82, 2.24) is 4.90 Å². The highest BCUT2D eigenvalue weighted by Crippen LogP contribution is 2.24. The van der Waals surface area contributed by atoms with E-state index in [1.807, 2.05) is 12.1 Å². The molecule has 0 aliphatic carbocycles. The minimum absolute atomic E-state index is 0.0646. The van der Waals surface area contributed by atoms with Crippen LogP contribution in [0.5, 0.6) is 0 Å². The van der Waals surface area contributed by atoms with Crippen molar-refractivity contribution in [3.63, 3.8) is 0 Å². The molecule has 1 atom stereocenters. The van der Waals surface area contributed by atoms with Crippen LogP contribution >= 0.6 is 0 Å². The Morgan fingerprint density at radius 3 is 2.47 bits per heavy atom. The van der Waals surface area contributed by atoms with E-state index in [1.54, 1.807) is 34.9 Å². The second-order valence-corrected chi connectivity index (χ2v) is 8.71. The largest absolute Gasteiger partial charge is 0.449 e. The zero-order chi connectivity index (χ0) is 22.5. The molecule has 2 aliphatic rings. The van der Waals surface area contributed by atoms with Gasteiger partial charge in [0.1, 0.15) is 0 Å². The number of amides is 2. The lowest BCUT2D eigenvalue weighted by Crippen LogP contribution is -2.44. The van der Waals surface area contributed by atoms with Crippen LogP contribution in [0.15, 0.2) is 54.6 Å². The predicted molar refractivity (Wildman–Crippen MR) is 122 cm³/mol. The van der Waals surface area contributed by atoms with Gasteiger partial charge in [-0.15, -0.1) is 0 Å². The fourth-order valence-corrected chi connectivity index (χ4v) is 4.56. The van der Waals surface area contributed by atoms with Gasteiger partial charge in [-0.25, -0.2) is 4.79 Å². The molecule has 6 nitrogen and oxygen atoms in total. The summed E-state index contributed by atoms with van der Waals surface area (Å²) in [6.07, 6.45) is 3.44. The quantitative estimate of drug-likeness (QED) is 0.648. The van der Waals surface area contributed by atoms with Gasteiger partial charge in [0.15, 0.2) is 6.10 Å². The number of anilines is 1. The Kier molecular flexibility index (Phi) is 6.88. The molecule has 2 aromatic rings. The Morgan fingerprint density at radius 1 is 1.03 bits per heavy atom. The van der Waals surface area contributed by atoms with E-state index < -0.39 is 12.1 Å². The van der Waals surface area contributed by atoms with Crippen LogP contribution in [0.25, 0.3) is 0 Å². The number of piperidine rings is 1. The summed E-state index contributed by atoms with van der Waals surface area (Å²) in [6.45, 7) is 3.66. The number of ether oxygens (including phenoxy) is 1. The van der Waals surface area contributed by atoms with Crippen molar-refractivity contribution < 1.29 is 19.1 Å². The molecule has 2 amide bonds. The van der Waals surface area contributed by atoms with E-state index in [0.717, 1.165) is 25.7 Å². The van der Waals surface area contributed by atoms with Crippen molar-refractivity contribution in [2.45, 2.75) is 45.1 Å². The highest BCUT2D eigenvalue weighted by Gasteiger charge is 2.29. The molecule has 168 valence electrons. The van der Waals surface area contributed by atoms with Crippen LogP contribution in [-0.4, -0.2) is 48.4 Å². The van der Waals surface area contributed by atoms with Crippen molar-refractivity contribution in [3.8, 4) is 0 Å². The van der Waals surface area contributed by atoms with Crippen LogP contribution < -0.4 is 4.90 Å². The van der Waals surface area contributed by atoms with Crippen molar-refractivity contribution in [3.05, 3.63) is 65.7 Å². The summed E-state index contributed by atoms with van der Waals surface area (Å²) in [6, 6.07) is 17.3. The lowest BCUT2D eigenvalue weighted by molar-refractivity contribution is -0.141. The zero-order valence-corrected chi connectivity index (χ0v) is 18.5. The van der Waals surface area contributed by atoms with Crippen molar-refractivity contribution in [2.75, 3.05) is 24.5 Å². The molecule has 32 heavy (non-hydrogen) atoms. The number of likely N-dealkylation sites (tertiary alicyclic amines) is 1. The summed E-state index contributed by atoms with van der Waals surface area (Å²) in [5, 5.41) is 0. The standard InChI is InChI=1S/C26H30N2O4/c1-19(25(30)27-15-12-21(13-16-27)17-20-7-3-2-4-8-20)32-26(31)22-9-5-10-23(18-22)28-14-6-11-24(28)29/h2-5,7-10,18-19,21H,6,11-17H2,1H3. The number of carbonyl (C=O) groups excluding carboxylic acids is 3. The predicted octanol–water partition coefficient (Wildman–Crippen LogP) is 3.84. The van der Waals surface area contributed by atoms with Gasteiger partial charge in [0.2, 0.25) is 5.91 Å². The lowest BCUT2D eigenvalue weighted by Gasteiger charge is -2.33. The fourth-order valence-electron chi connectivity index (χ4n) is 4.56. The number of nitrogens with zero attached hydrogens (tertiary/aromatic N) is 2. The number of rotatable bonds is 6. The SMILES string of the molecule is CC(OC(=O)c1cccc(N2CCCC2=O)c1)C(=O)N1CCC(Cc2ccccc2)CC1. The van der Waals surface area contributed by atoms with Gasteiger partial charge in [-0.2, -0.15) is 0 Å². The Bertz CT molecular complexity index is 967. The Hall–Kier alpha value is -3.15.